The lowest BCUT2D eigenvalue weighted by atomic mass is 10.0. The quantitative estimate of drug-likeness (QED) is 0.809. The van der Waals surface area contributed by atoms with E-state index in [2.05, 4.69) is 0 Å². The number of anilines is 1. The molecule has 0 atom stereocenters. The first-order valence-electron chi connectivity index (χ1n) is 5.20. The number of nitrogens with two attached hydrogens (primary N) is 1. The highest BCUT2D eigenvalue weighted by Crippen LogP contribution is 2.24. The van der Waals surface area contributed by atoms with E-state index in [1.165, 1.54) is 6.07 Å². The van der Waals surface area contributed by atoms with E-state index in [0.29, 0.717) is 10.6 Å². The summed E-state index contributed by atoms with van der Waals surface area (Å²) in [6, 6.07) is 4.95. The van der Waals surface area contributed by atoms with Gasteiger partial charge in [-0.1, -0.05) is 20.8 Å². The molecule has 0 aliphatic heterocycles. The topological polar surface area (TPSA) is 60.2 Å². The summed E-state index contributed by atoms with van der Waals surface area (Å²) in [6.45, 7) is 7.56. The van der Waals surface area contributed by atoms with Crippen LogP contribution in [0.25, 0.3) is 0 Å². The van der Waals surface area contributed by atoms with E-state index in [-0.39, 0.29) is 11.2 Å². The molecule has 16 heavy (non-hydrogen) atoms. The summed E-state index contributed by atoms with van der Waals surface area (Å²) in [6.07, 6.45) is 0. The standard InChI is InChI=1S/C12H19NO2S/c1-9-5-10(13)7-11(6-9)16(14,15)8-12(2,3)4/h5-7H,8,13H2,1-4H3. The van der Waals surface area contributed by atoms with Gasteiger partial charge < -0.3 is 5.73 Å². The number of benzene rings is 1. The van der Waals surface area contributed by atoms with Gasteiger partial charge in [0, 0.05) is 5.69 Å². The van der Waals surface area contributed by atoms with Crippen molar-refractivity contribution < 1.29 is 8.42 Å². The Balaban J connectivity index is 3.18. The van der Waals surface area contributed by atoms with E-state index in [4.69, 9.17) is 5.73 Å². The van der Waals surface area contributed by atoms with Crippen LogP contribution in [-0.2, 0) is 9.84 Å². The first-order chi connectivity index (χ1) is 7.10. The molecule has 0 saturated heterocycles. The highest BCUT2D eigenvalue weighted by Gasteiger charge is 2.23. The predicted molar refractivity (Wildman–Crippen MR) is 67.1 cm³/mol. The zero-order chi connectivity index (χ0) is 12.6. The van der Waals surface area contributed by atoms with Crippen molar-refractivity contribution in [2.24, 2.45) is 5.41 Å². The molecule has 0 radical (unpaired) electrons. The number of hydrogen-bond acceptors (Lipinski definition) is 3. The molecule has 0 unspecified atom stereocenters. The normalized spacial score (nSPS) is 12.8. The Kier molecular flexibility index (Phi) is 3.33. The minimum Gasteiger partial charge on any atom is -0.399 e. The number of nitrogen functional groups attached to an aromatic ring is 1. The van der Waals surface area contributed by atoms with Gasteiger partial charge in [-0.25, -0.2) is 8.42 Å². The van der Waals surface area contributed by atoms with Gasteiger partial charge in [0.05, 0.1) is 10.6 Å². The molecule has 1 rings (SSSR count). The van der Waals surface area contributed by atoms with Crippen molar-refractivity contribution in [2.45, 2.75) is 32.6 Å². The molecule has 3 nitrogen and oxygen atoms in total. The monoisotopic (exact) mass is 241 g/mol. The van der Waals surface area contributed by atoms with Gasteiger partial charge in [0.25, 0.3) is 0 Å². The summed E-state index contributed by atoms with van der Waals surface area (Å²) >= 11 is 0. The SMILES string of the molecule is Cc1cc(N)cc(S(=O)(=O)CC(C)(C)C)c1. The number of sulfone groups is 1. The molecule has 1 aromatic rings. The van der Waals surface area contributed by atoms with Crippen molar-refractivity contribution in [2.75, 3.05) is 11.5 Å². The van der Waals surface area contributed by atoms with Crippen LogP contribution in [0.4, 0.5) is 5.69 Å². The fraction of sp³-hybridized carbons (Fsp3) is 0.500. The predicted octanol–water partition coefficient (Wildman–Crippen LogP) is 2.40. The van der Waals surface area contributed by atoms with Crippen LogP contribution >= 0.6 is 0 Å². The average molecular weight is 241 g/mol. The van der Waals surface area contributed by atoms with Gasteiger partial charge in [-0.3, -0.25) is 0 Å². The van der Waals surface area contributed by atoms with Crippen LogP contribution in [0.5, 0.6) is 0 Å². The van der Waals surface area contributed by atoms with Crippen LogP contribution in [-0.4, -0.2) is 14.2 Å². The lowest BCUT2D eigenvalue weighted by Gasteiger charge is -2.18. The largest absolute Gasteiger partial charge is 0.399 e. The van der Waals surface area contributed by atoms with E-state index in [1.54, 1.807) is 12.1 Å². The van der Waals surface area contributed by atoms with Gasteiger partial charge in [-0.2, -0.15) is 0 Å². The third-order valence-electron chi connectivity index (χ3n) is 2.06. The Hall–Kier alpha value is -1.03. The maximum atomic E-state index is 12.1. The molecule has 0 fully saturated rings. The summed E-state index contributed by atoms with van der Waals surface area (Å²) in [7, 11) is -3.24. The smallest absolute Gasteiger partial charge is 0.178 e. The highest BCUT2D eigenvalue weighted by molar-refractivity contribution is 7.91. The summed E-state index contributed by atoms with van der Waals surface area (Å²) in [5.74, 6) is 0.128. The van der Waals surface area contributed by atoms with Crippen LogP contribution < -0.4 is 5.73 Å². The van der Waals surface area contributed by atoms with Crippen LogP contribution in [0.2, 0.25) is 0 Å². The zero-order valence-electron chi connectivity index (χ0n) is 10.2. The fourth-order valence-electron chi connectivity index (χ4n) is 1.61. The number of hydrogen-bond donors (Lipinski definition) is 1. The van der Waals surface area contributed by atoms with Crippen molar-refractivity contribution in [1.29, 1.82) is 0 Å². The number of rotatable bonds is 2. The minimum atomic E-state index is -3.24. The zero-order valence-corrected chi connectivity index (χ0v) is 11.1. The van der Waals surface area contributed by atoms with Crippen molar-refractivity contribution in [3.63, 3.8) is 0 Å². The molecule has 0 heterocycles. The fourth-order valence-corrected chi connectivity index (χ4v) is 3.60. The van der Waals surface area contributed by atoms with Crippen molar-refractivity contribution in [1.82, 2.24) is 0 Å². The molecule has 2 N–H and O–H groups in total. The third kappa shape index (κ3) is 3.52. The van der Waals surface area contributed by atoms with E-state index in [1.807, 2.05) is 27.7 Å². The Labute approximate surface area is 97.6 Å². The molecule has 0 aromatic heterocycles. The minimum absolute atomic E-state index is 0.128. The molecule has 0 aliphatic rings. The van der Waals surface area contributed by atoms with E-state index in [0.717, 1.165) is 5.56 Å². The van der Waals surface area contributed by atoms with Gasteiger partial charge in [-0.05, 0) is 36.1 Å². The van der Waals surface area contributed by atoms with Gasteiger partial charge >= 0.3 is 0 Å². The van der Waals surface area contributed by atoms with Gasteiger partial charge in [0.2, 0.25) is 0 Å². The van der Waals surface area contributed by atoms with Gasteiger partial charge in [-0.15, -0.1) is 0 Å². The third-order valence-corrected chi connectivity index (χ3v) is 4.26. The second kappa shape index (κ2) is 4.09. The molecular formula is C12H19NO2S. The molecule has 1 aromatic carbocycles. The van der Waals surface area contributed by atoms with Crippen molar-refractivity contribution >= 4 is 15.5 Å². The first kappa shape index (κ1) is 13.0. The molecule has 90 valence electrons. The van der Waals surface area contributed by atoms with Crippen molar-refractivity contribution in [3.05, 3.63) is 23.8 Å². The summed E-state index contributed by atoms with van der Waals surface area (Å²) in [4.78, 5) is 0.319. The molecule has 0 aliphatic carbocycles. The Bertz CT molecular complexity index is 464. The van der Waals surface area contributed by atoms with Crippen molar-refractivity contribution in [3.8, 4) is 0 Å². The summed E-state index contributed by atoms with van der Waals surface area (Å²) in [5, 5.41) is 0. The first-order valence-corrected chi connectivity index (χ1v) is 6.85. The molecule has 0 bridgehead atoms. The maximum Gasteiger partial charge on any atom is 0.178 e. The van der Waals surface area contributed by atoms with Gasteiger partial charge in [0.15, 0.2) is 9.84 Å². The van der Waals surface area contributed by atoms with Crippen LogP contribution in [0.1, 0.15) is 26.3 Å². The van der Waals surface area contributed by atoms with E-state index in [9.17, 15) is 8.42 Å². The Morgan fingerprint density at radius 3 is 2.19 bits per heavy atom. The van der Waals surface area contributed by atoms with Crippen LogP contribution in [0.15, 0.2) is 23.1 Å². The highest BCUT2D eigenvalue weighted by atomic mass is 32.2. The average Bonchev–Trinajstić information content (AvgIpc) is 1.96. The van der Waals surface area contributed by atoms with Gasteiger partial charge in [0.1, 0.15) is 0 Å². The number of aryl methyl sites for hydroxylation is 1. The molecule has 0 saturated carbocycles. The van der Waals surface area contributed by atoms with E-state index < -0.39 is 9.84 Å². The maximum absolute atomic E-state index is 12.1. The van der Waals surface area contributed by atoms with Crippen LogP contribution in [0, 0.1) is 12.3 Å². The lowest BCUT2D eigenvalue weighted by Crippen LogP contribution is -2.21. The van der Waals surface area contributed by atoms with E-state index >= 15 is 0 Å². The second-order valence-corrected chi connectivity index (χ2v) is 7.39. The molecule has 0 spiro atoms. The lowest BCUT2D eigenvalue weighted by molar-refractivity contribution is 0.461. The molecule has 4 heteroatoms. The molecule has 0 amide bonds. The second-order valence-electron chi connectivity index (χ2n) is 5.40. The molecular weight excluding hydrogens is 222 g/mol. The Morgan fingerprint density at radius 1 is 1.19 bits per heavy atom. The summed E-state index contributed by atoms with van der Waals surface area (Å²) in [5.41, 5.74) is 6.76. The summed E-state index contributed by atoms with van der Waals surface area (Å²) < 4.78 is 24.2. The Morgan fingerprint density at radius 2 is 1.75 bits per heavy atom. The van der Waals surface area contributed by atoms with Crippen LogP contribution in [0.3, 0.4) is 0 Å².